The Hall–Kier alpha value is -1.66. The van der Waals surface area contributed by atoms with Gasteiger partial charge in [-0.25, -0.2) is 0 Å². The van der Waals surface area contributed by atoms with Gasteiger partial charge in [0, 0.05) is 44.7 Å². The first kappa shape index (κ1) is 15.8. The Bertz CT molecular complexity index is 723. The number of hydrogen-bond donors (Lipinski definition) is 1. The Morgan fingerprint density at radius 2 is 2.38 bits per heavy atom. The van der Waals surface area contributed by atoms with Gasteiger partial charge >= 0.3 is 0 Å². The standard InChI is InChI=1S/C18H24N4OS/c1-12(23)19-10-14-8-13-5-6-22(14)11-15(13)17-9-16(20-21(17)2)18-4-3-7-24-18/h3-4,7,9,13-15H,5-6,8,10-11H2,1-2H3,(H,19,23)/t13-,14-,15+/m1/s1. The summed E-state index contributed by atoms with van der Waals surface area (Å²) in [6.07, 6.45) is 2.42. The van der Waals surface area contributed by atoms with Gasteiger partial charge in [-0.05, 0) is 42.8 Å². The van der Waals surface area contributed by atoms with Crippen LogP contribution in [0.1, 0.15) is 31.4 Å². The zero-order valence-corrected chi connectivity index (χ0v) is 15.1. The van der Waals surface area contributed by atoms with E-state index in [1.165, 1.54) is 23.4 Å². The van der Waals surface area contributed by atoms with Gasteiger partial charge in [0.05, 0.1) is 4.88 Å². The van der Waals surface area contributed by atoms with Crippen molar-refractivity contribution in [2.24, 2.45) is 13.0 Å². The number of hydrogen-bond acceptors (Lipinski definition) is 4. The average molecular weight is 344 g/mol. The van der Waals surface area contributed by atoms with Crippen molar-refractivity contribution in [3.8, 4) is 10.6 Å². The third kappa shape index (κ3) is 2.89. The van der Waals surface area contributed by atoms with E-state index >= 15 is 0 Å². The Balaban J connectivity index is 1.52. The summed E-state index contributed by atoms with van der Waals surface area (Å²) in [5.41, 5.74) is 2.44. The SMILES string of the molecule is CC(=O)NC[C@H]1C[C@H]2CCN1C[C@@H]2c1cc(-c2cccs2)nn1C. The number of nitrogens with zero attached hydrogens (tertiary/aromatic N) is 3. The van der Waals surface area contributed by atoms with Gasteiger partial charge in [0.25, 0.3) is 0 Å². The van der Waals surface area contributed by atoms with Crippen LogP contribution >= 0.6 is 11.3 Å². The Kier molecular flexibility index (Phi) is 4.18. The highest BCUT2D eigenvalue weighted by Crippen LogP contribution is 2.42. The van der Waals surface area contributed by atoms with Crippen LogP contribution in [0.4, 0.5) is 0 Å². The average Bonchev–Trinajstić information content (AvgIpc) is 3.22. The van der Waals surface area contributed by atoms with Gasteiger partial charge in [-0.3, -0.25) is 14.4 Å². The van der Waals surface area contributed by atoms with E-state index in [-0.39, 0.29) is 5.91 Å². The molecule has 1 unspecified atom stereocenters. The molecule has 6 heteroatoms. The molecule has 5 nitrogen and oxygen atoms in total. The number of nitrogens with one attached hydrogen (secondary N) is 1. The van der Waals surface area contributed by atoms with Crippen molar-refractivity contribution in [1.82, 2.24) is 20.0 Å². The number of carbonyl (C=O) groups excluding carboxylic acids is 1. The van der Waals surface area contributed by atoms with Crippen molar-refractivity contribution in [2.45, 2.75) is 31.7 Å². The number of amides is 1. The largest absolute Gasteiger partial charge is 0.355 e. The number of thiophene rings is 1. The molecule has 2 aromatic rings. The van der Waals surface area contributed by atoms with E-state index in [2.05, 4.69) is 45.5 Å². The van der Waals surface area contributed by atoms with Crippen LogP contribution in [-0.4, -0.2) is 46.3 Å². The molecular weight excluding hydrogens is 320 g/mol. The van der Waals surface area contributed by atoms with Crippen molar-refractivity contribution in [3.05, 3.63) is 29.3 Å². The quantitative estimate of drug-likeness (QED) is 0.927. The van der Waals surface area contributed by atoms with E-state index in [0.717, 1.165) is 25.3 Å². The van der Waals surface area contributed by atoms with Gasteiger partial charge in [0.1, 0.15) is 5.69 Å². The van der Waals surface area contributed by atoms with Crippen LogP contribution in [-0.2, 0) is 11.8 Å². The van der Waals surface area contributed by atoms with Gasteiger partial charge < -0.3 is 5.32 Å². The van der Waals surface area contributed by atoms with Gasteiger partial charge in [-0.2, -0.15) is 5.10 Å². The van der Waals surface area contributed by atoms with Gasteiger partial charge in [-0.1, -0.05) is 6.07 Å². The van der Waals surface area contributed by atoms with Gasteiger partial charge in [0.2, 0.25) is 5.91 Å². The molecular formula is C18H24N4OS. The molecule has 0 spiro atoms. The summed E-state index contributed by atoms with van der Waals surface area (Å²) in [6, 6.07) is 6.99. The van der Waals surface area contributed by atoms with Crippen LogP contribution in [0, 0.1) is 5.92 Å². The second kappa shape index (κ2) is 6.33. The normalized spacial score (nSPS) is 28.9. The number of piperidine rings is 3. The molecule has 3 aliphatic rings. The lowest BCUT2D eigenvalue weighted by molar-refractivity contribution is -0.119. The van der Waals surface area contributed by atoms with E-state index in [4.69, 9.17) is 5.10 Å². The predicted octanol–water partition coefficient (Wildman–Crippen LogP) is 2.46. The summed E-state index contributed by atoms with van der Waals surface area (Å²) in [6.45, 7) is 4.62. The van der Waals surface area contributed by atoms with E-state index in [0.29, 0.717) is 17.9 Å². The molecule has 1 N–H and O–H groups in total. The summed E-state index contributed by atoms with van der Waals surface area (Å²) < 4.78 is 2.07. The highest BCUT2D eigenvalue weighted by molar-refractivity contribution is 7.13. The smallest absolute Gasteiger partial charge is 0.216 e. The highest BCUT2D eigenvalue weighted by atomic mass is 32.1. The van der Waals surface area contributed by atoms with E-state index in [1.807, 2.05) is 0 Å². The minimum absolute atomic E-state index is 0.0708. The third-order valence-corrected chi connectivity index (χ3v) is 6.43. The highest BCUT2D eigenvalue weighted by Gasteiger charge is 2.41. The van der Waals surface area contributed by atoms with Crippen molar-refractivity contribution >= 4 is 17.2 Å². The molecule has 0 radical (unpaired) electrons. The summed E-state index contributed by atoms with van der Waals surface area (Å²) in [5.74, 6) is 1.32. The molecule has 4 atom stereocenters. The maximum atomic E-state index is 11.2. The lowest BCUT2D eigenvalue weighted by Gasteiger charge is -2.49. The van der Waals surface area contributed by atoms with Crippen molar-refractivity contribution in [2.75, 3.05) is 19.6 Å². The Morgan fingerprint density at radius 1 is 1.50 bits per heavy atom. The molecule has 0 aromatic carbocycles. The third-order valence-electron chi connectivity index (χ3n) is 5.53. The fourth-order valence-electron chi connectivity index (χ4n) is 4.32. The monoisotopic (exact) mass is 344 g/mol. The number of fused-ring (bicyclic) bond motifs is 3. The summed E-state index contributed by atoms with van der Waals surface area (Å²) >= 11 is 1.74. The fraction of sp³-hybridized carbons (Fsp3) is 0.556. The van der Waals surface area contributed by atoms with Crippen molar-refractivity contribution < 1.29 is 4.79 Å². The number of aryl methyl sites for hydroxylation is 1. The van der Waals surface area contributed by atoms with E-state index in [9.17, 15) is 4.79 Å². The Morgan fingerprint density at radius 3 is 3.04 bits per heavy atom. The van der Waals surface area contributed by atoms with Crippen LogP contribution in [0.15, 0.2) is 23.6 Å². The second-order valence-corrected chi connectivity index (χ2v) is 7.98. The van der Waals surface area contributed by atoms with E-state index < -0.39 is 0 Å². The summed E-state index contributed by atoms with van der Waals surface area (Å²) in [4.78, 5) is 15.0. The first-order chi connectivity index (χ1) is 11.6. The molecule has 3 fully saturated rings. The van der Waals surface area contributed by atoms with Crippen LogP contribution in [0.3, 0.4) is 0 Å². The maximum Gasteiger partial charge on any atom is 0.216 e. The first-order valence-electron chi connectivity index (χ1n) is 8.68. The molecule has 2 bridgehead atoms. The number of rotatable bonds is 4. The second-order valence-electron chi connectivity index (χ2n) is 7.03. The zero-order valence-electron chi connectivity index (χ0n) is 14.2. The van der Waals surface area contributed by atoms with E-state index in [1.54, 1.807) is 18.3 Å². The minimum atomic E-state index is 0.0708. The molecule has 1 amide bonds. The topological polar surface area (TPSA) is 50.2 Å². The van der Waals surface area contributed by atoms with Crippen LogP contribution in [0.5, 0.6) is 0 Å². The van der Waals surface area contributed by atoms with Gasteiger partial charge in [-0.15, -0.1) is 11.3 Å². The lowest BCUT2D eigenvalue weighted by Crippen LogP contribution is -2.56. The number of aromatic nitrogens is 2. The minimum Gasteiger partial charge on any atom is -0.355 e. The van der Waals surface area contributed by atoms with Crippen molar-refractivity contribution in [3.63, 3.8) is 0 Å². The van der Waals surface area contributed by atoms with Gasteiger partial charge in [0.15, 0.2) is 0 Å². The van der Waals surface area contributed by atoms with Crippen LogP contribution in [0.25, 0.3) is 10.6 Å². The molecule has 24 heavy (non-hydrogen) atoms. The zero-order chi connectivity index (χ0) is 16.7. The molecule has 3 aliphatic heterocycles. The first-order valence-corrected chi connectivity index (χ1v) is 9.56. The molecule has 2 aromatic heterocycles. The molecule has 5 rings (SSSR count). The molecule has 128 valence electrons. The van der Waals surface area contributed by atoms with Crippen molar-refractivity contribution in [1.29, 1.82) is 0 Å². The predicted molar refractivity (Wildman–Crippen MR) is 96.0 cm³/mol. The molecule has 3 saturated heterocycles. The Labute approximate surface area is 146 Å². The fourth-order valence-corrected chi connectivity index (χ4v) is 5.00. The van der Waals surface area contributed by atoms with Crippen LogP contribution < -0.4 is 5.32 Å². The van der Waals surface area contributed by atoms with Crippen LogP contribution in [0.2, 0.25) is 0 Å². The summed E-state index contributed by atoms with van der Waals surface area (Å²) in [7, 11) is 2.07. The molecule has 5 heterocycles. The molecule has 0 saturated carbocycles. The number of carbonyl (C=O) groups is 1. The summed E-state index contributed by atoms with van der Waals surface area (Å²) in [5, 5.41) is 9.84. The molecule has 0 aliphatic carbocycles. The lowest BCUT2D eigenvalue weighted by atomic mass is 9.74. The maximum absolute atomic E-state index is 11.2.